The molecule has 0 radical (unpaired) electrons. The Balaban J connectivity index is 0.00000196. The zero-order valence-electron chi connectivity index (χ0n) is 15.0. The molecule has 3 heterocycles. The van der Waals surface area contributed by atoms with Crippen molar-refractivity contribution < 1.29 is 0 Å². The van der Waals surface area contributed by atoms with Gasteiger partial charge in [0, 0.05) is 24.7 Å². The Bertz CT molecular complexity index is 788. The van der Waals surface area contributed by atoms with E-state index in [1.807, 2.05) is 12.3 Å². The number of nitrogens with one attached hydrogen (secondary N) is 3. The highest BCUT2D eigenvalue weighted by atomic mass is 35.5. The normalized spacial score (nSPS) is 19.9. The van der Waals surface area contributed by atoms with Gasteiger partial charge in [0.15, 0.2) is 0 Å². The van der Waals surface area contributed by atoms with Gasteiger partial charge in [0.2, 0.25) is 5.95 Å². The molecule has 1 saturated heterocycles. The van der Waals surface area contributed by atoms with Crippen molar-refractivity contribution in [3.8, 4) is 11.4 Å². The summed E-state index contributed by atoms with van der Waals surface area (Å²) in [5, 5.41) is 7.04. The molecule has 2 atom stereocenters. The molecule has 2 unspecified atom stereocenters. The molecule has 5 nitrogen and oxygen atoms in total. The second kappa shape index (κ2) is 8.52. The van der Waals surface area contributed by atoms with Crippen LogP contribution in [0.5, 0.6) is 0 Å². The first-order valence-electron chi connectivity index (χ1n) is 9.22. The van der Waals surface area contributed by atoms with Crippen molar-refractivity contribution in [3.05, 3.63) is 53.9 Å². The lowest BCUT2D eigenvalue weighted by Crippen LogP contribution is -2.31. The molecule has 1 aromatic carbocycles. The number of hydrogen-bond acceptors (Lipinski definition) is 4. The number of hydrogen-bond donors (Lipinski definition) is 3. The van der Waals surface area contributed by atoms with Crippen LogP contribution in [0, 0.1) is 0 Å². The summed E-state index contributed by atoms with van der Waals surface area (Å²) in [6.07, 6.45) is 5.09. The summed E-state index contributed by atoms with van der Waals surface area (Å²) >= 11 is 0. The van der Waals surface area contributed by atoms with E-state index in [9.17, 15) is 0 Å². The van der Waals surface area contributed by atoms with E-state index in [0.29, 0.717) is 12.0 Å². The summed E-state index contributed by atoms with van der Waals surface area (Å²) in [5.74, 6) is 1.27. The summed E-state index contributed by atoms with van der Waals surface area (Å²) in [4.78, 5) is 12.8. The van der Waals surface area contributed by atoms with Gasteiger partial charge in [-0.25, -0.2) is 4.98 Å². The minimum Gasteiger partial charge on any atom is -0.356 e. The van der Waals surface area contributed by atoms with Crippen LogP contribution in [-0.4, -0.2) is 28.0 Å². The van der Waals surface area contributed by atoms with Gasteiger partial charge in [-0.1, -0.05) is 37.3 Å². The Labute approximate surface area is 160 Å². The van der Waals surface area contributed by atoms with Gasteiger partial charge in [-0.3, -0.25) is 4.98 Å². The van der Waals surface area contributed by atoms with Gasteiger partial charge >= 0.3 is 0 Å². The Hall–Kier alpha value is -2.11. The molecule has 138 valence electrons. The van der Waals surface area contributed by atoms with Crippen molar-refractivity contribution in [2.45, 2.75) is 38.1 Å². The number of benzene rings is 1. The van der Waals surface area contributed by atoms with Crippen LogP contribution in [-0.2, 0) is 0 Å². The number of fused-ring (bicyclic) bond motifs is 1. The fraction of sp³-hybridized carbons (Fsp3) is 0.400. The molecular formula is C20H26ClN5. The number of anilines is 1. The van der Waals surface area contributed by atoms with Crippen molar-refractivity contribution in [3.63, 3.8) is 0 Å². The largest absolute Gasteiger partial charge is 0.356 e. The summed E-state index contributed by atoms with van der Waals surface area (Å²) < 4.78 is 0. The molecule has 0 bridgehead atoms. The maximum Gasteiger partial charge on any atom is 0.200 e. The molecule has 26 heavy (non-hydrogen) atoms. The highest BCUT2D eigenvalue weighted by Crippen LogP contribution is 2.37. The van der Waals surface area contributed by atoms with Crippen molar-refractivity contribution in [2.24, 2.45) is 0 Å². The SMILES string of the molecule is CCCNc1nc(C2CCNC(c3ccccc3)C2)c2nccc-2[nH]1.Cl. The average Bonchev–Trinajstić information content (AvgIpc) is 3.15. The first-order valence-corrected chi connectivity index (χ1v) is 9.22. The Morgan fingerprint density at radius 2 is 2.04 bits per heavy atom. The lowest BCUT2D eigenvalue weighted by Gasteiger charge is -2.31. The van der Waals surface area contributed by atoms with Crippen molar-refractivity contribution in [1.29, 1.82) is 0 Å². The zero-order valence-corrected chi connectivity index (χ0v) is 15.9. The second-order valence-electron chi connectivity index (χ2n) is 6.74. The third-order valence-corrected chi connectivity index (χ3v) is 4.96. The number of aromatic nitrogens is 3. The van der Waals surface area contributed by atoms with Gasteiger partial charge in [-0.15, -0.1) is 12.4 Å². The molecule has 6 heteroatoms. The van der Waals surface area contributed by atoms with Gasteiger partial charge < -0.3 is 15.6 Å². The molecule has 0 amide bonds. The third kappa shape index (κ3) is 3.84. The van der Waals surface area contributed by atoms with Crippen LogP contribution in [0.15, 0.2) is 42.6 Å². The van der Waals surface area contributed by atoms with E-state index in [1.165, 1.54) is 5.56 Å². The standard InChI is InChI=1S/C20H25N5.ClH/c1-2-10-23-20-24-16-9-12-22-19(16)18(25-20)15-8-11-21-17(13-15)14-6-4-3-5-7-14;/h3-7,9,12,15,17,21H,2,8,10-11,13H2,1H3,(H2,23,24,25);1H. The van der Waals surface area contributed by atoms with E-state index in [-0.39, 0.29) is 12.4 Å². The summed E-state index contributed by atoms with van der Waals surface area (Å²) in [6, 6.07) is 13.1. The van der Waals surface area contributed by atoms with Crippen molar-refractivity contribution in [2.75, 3.05) is 18.4 Å². The summed E-state index contributed by atoms with van der Waals surface area (Å²) in [6.45, 7) is 4.08. The smallest absolute Gasteiger partial charge is 0.200 e. The fourth-order valence-corrected chi connectivity index (χ4v) is 3.69. The summed E-state index contributed by atoms with van der Waals surface area (Å²) in [7, 11) is 0. The van der Waals surface area contributed by atoms with Crippen molar-refractivity contribution >= 4 is 18.4 Å². The molecule has 0 spiro atoms. The Kier molecular flexibility index (Phi) is 6.12. The van der Waals surface area contributed by atoms with Crippen molar-refractivity contribution in [1.82, 2.24) is 20.3 Å². The maximum absolute atomic E-state index is 4.91. The molecule has 1 fully saturated rings. The quantitative estimate of drug-likeness (QED) is 0.623. The number of H-pyrrole nitrogens is 1. The Morgan fingerprint density at radius 3 is 2.85 bits per heavy atom. The maximum atomic E-state index is 4.91. The van der Waals surface area contributed by atoms with Crippen LogP contribution in [0.25, 0.3) is 11.4 Å². The third-order valence-electron chi connectivity index (χ3n) is 4.96. The highest BCUT2D eigenvalue weighted by molar-refractivity contribution is 5.85. The predicted octanol–water partition coefficient (Wildman–Crippen LogP) is 4.36. The second-order valence-corrected chi connectivity index (χ2v) is 6.74. The van der Waals surface area contributed by atoms with Gasteiger partial charge in [0.05, 0.1) is 11.4 Å². The molecule has 4 rings (SSSR count). The van der Waals surface area contributed by atoms with Crippen LogP contribution < -0.4 is 10.6 Å². The topological polar surface area (TPSA) is 65.6 Å². The van der Waals surface area contributed by atoms with E-state index in [0.717, 1.165) is 55.4 Å². The molecule has 3 aliphatic heterocycles. The van der Waals surface area contributed by atoms with E-state index in [4.69, 9.17) is 4.98 Å². The lowest BCUT2D eigenvalue weighted by molar-refractivity contribution is 0.365. The van der Waals surface area contributed by atoms with Gasteiger partial charge in [-0.05, 0) is 37.4 Å². The van der Waals surface area contributed by atoms with Crippen LogP contribution in [0.3, 0.4) is 0 Å². The van der Waals surface area contributed by atoms with E-state index in [1.54, 1.807) is 0 Å². The molecule has 0 aromatic heterocycles. The van der Waals surface area contributed by atoms with E-state index in [2.05, 4.69) is 57.9 Å². The van der Waals surface area contributed by atoms with Crippen LogP contribution in [0.1, 0.15) is 49.4 Å². The first-order chi connectivity index (χ1) is 12.3. The number of nitrogens with zero attached hydrogens (tertiary/aromatic N) is 2. The molecule has 0 saturated carbocycles. The van der Waals surface area contributed by atoms with E-state index >= 15 is 0 Å². The van der Waals surface area contributed by atoms with Crippen LogP contribution >= 0.6 is 12.4 Å². The van der Waals surface area contributed by atoms with Gasteiger partial charge in [0.1, 0.15) is 5.69 Å². The number of aromatic amines is 1. The van der Waals surface area contributed by atoms with Gasteiger partial charge in [0.25, 0.3) is 0 Å². The molecule has 3 aliphatic rings. The lowest BCUT2D eigenvalue weighted by atomic mass is 9.85. The molecular weight excluding hydrogens is 346 g/mol. The molecule has 0 aliphatic carbocycles. The van der Waals surface area contributed by atoms with Crippen LogP contribution in [0.4, 0.5) is 5.95 Å². The predicted molar refractivity (Wildman–Crippen MR) is 108 cm³/mol. The van der Waals surface area contributed by atoms with Gasteiger partial charge in [-0.2, -0.15) is 0 Å². The average molecular weight is 372 g/mol. The number of rotatable bonds is 5. The van der Waals surface area contributed by atoms with E-state index < -0.39 is 0 Å². The zero-order chi connectivity index (χ0) is 17.1. The highest BCUT2D eigenvalue weighted by Gasteiger charge is 2.28. The monoisotopic (exact) mass is 371 g/mol. The minimum atomic E-state index is 0. The molecule has 3 N–H and O–H groups in total. The fourth-order valence-electron chi connectivity index (χ4n) is 3.69. The minimum absolute atomic E-state index is 0. The molecule has 1 aromatic rings. The number of halogens is 1. The number of piperidine rings is 1. The Morgan fingerprint density at radius 1 is 1.19 bits per heavy atom. The summed E-state index contributed by atoms with van der Waals surface area (Å²) in [5.41, 5.74) is 4.56. The van der Waals surface area contributed by atoms with Crippen LogP contribution in [0.2, 0.25) is 0 Å². The first kappa shape index (κ1) is 18.7.